The summed E-state index contributed by atoms with van der Waals surface area (Å²) < 4.78 is 11.3. The van der Waals surface area contributed by atoms with Crippen molar-refractivity contribution in [2.75, 3.05) is 5.75 Å². The zero-order valence-electron chi connectivity index (χ0n) is 7.45. The second-order valence-electron chi connectivity index (χ2n) is 2.64. The number of non-ortho nitro benzene ring substituents is 1. The van der Waals surface area contributed by atoms with Crippen LogP contribution >= 0.6 is 0 Å². The van der Waals surface area contributed by atoms with E-state index < -0.39 is 27.4 Å². The molecule has 15 heavy (non-hydrogen) atoms. The van der Waals surface area contributed by atoms with Crippen LogP contribution in [0.15, 0.2) is 29.2 Å². The standard InChI is InChI=1S/C8H7NO5S/c10-8(11)5-15(14)7-3-1-2-6(4-7)9(12)13/h1-4H,5H2,(H,10,11). The molecule has 0 aliphatic rings. The van der Waals surface area contributed by atoms with Gasteiger partial charge in [-0.1, -0.05) is 6.07 Å². The third-order valence-corrected chi connectivity index (χ3v) is 2.83. The Morgan fingerprint density at radius 2 is 2.20 bits per heavy atom. The fourth-order valence-electron chi connectivity index (χ4n) is 0.934. The first-order valence-electron chi connectivity index (χ1n) is 3.85. The molecule has 0 saturated heterocycles. The summed E-state index contributed by atoms with van der Waals surface area (Å²) >= 11 is 0. The van der Waals surface area contributed by atoms with Crippen molar-refractivity contribution < 1.29 is 19.0 Å². The van der Waals surface area contributed by atoms with Crippen LogP contribution in [-0.2, 0) is 15.6 Å². The molecule has 0 saturated carbocycles. The molecule has 7 heteroatoms. The van der Waals surface area contributed by atoms with Gasteiger partial charge in [0.2, 0.25) is 0 Å². The van der Waals surface area contributed by atoms with E-state index in [1.54, 1.807) is 0 Å². The van der Waals surface area contributed by atoms with Crippen molar-refractivity contribution in [1.29, 1.82) is 0 Å². The monoisotopic (exact) mass is 229 g/mol. The highest BCUT2D eigenvalue weighted by Crippen LogP contribution is 2.15. The van der Waals surface area contributed by atoms with E-state index in [1.807, 2.05) is 0 Å². The molecule has 0 heterocycles. The lowest BCUT2D eigenvalue weighted by Crippen LogP contribution is -2.09. The number of hydrogen-bond donors (Lipinski definition) is 1. The number of rotatable bonds is 4. The SMILES string of the molecule is O=C(O)CS(=O)c1cccc([N+](=O)[O-])c1. The Morgan fingerprint density at radius 1 is 1.53 bits per heavy atom. The van der Waals surface area contributed by atoms with Gasteiger partial charge in [0.25, 0.3) is 5.69 Å². The van der Waals surface area contributed by atoms with Gasteiger partial charge in [-0.05, 0) is 6.07 Å². The topological polar surface area (TPSA) is 97.5 Å². The van der Waals surface area contributed by atoms with Crippen molar-refractivity contribution in [3.63, 3.8) is 0 Å². The predicted molar refractivity (Wildman–Crippen MR) is 52.0 cm³/mol. The van der Waals surface area contributed by atoms with Crippen LogP contribution in [0.3, 0.4) is 0 Å². The molecule has 0 bridgehead atoms. The molecule has 0 fully saturated rings. The van der Waals surface area contributed by atoms with Gasteiger partial charge in [0.1, 0.15) is 5.75 Å². The minimum absolute atomic E-state index is 0.145. The van der Waals surface area contributed by atoms with Crippen LogP contribution in [0.1, 0.15) is 0 Å². The fourth-order valence-corrected chi connectivity index (χ4v) is 1.81. The Morgan fingerprint density at radius 3 is 2.73 bits per heavy atom. The van der Waals surface area contributed by atoms with Crippen LogP contribution in [0, 0.1) is 10.1 Å². The number of carboxylic acids is 1. The Hall–Kier alpha value is -1.76. The highest BCUT2D eigenvalue weighted by Gasteiger charge is 2.12. The zero-order chi connectivity index (χ0) is 11.4. The molecular formula is C8H7NO5S. The number of benzene rings is 1. The van der Waals surface area contributed by atoms with Crippen molar-refractivity contribution in [3.05, 3.63) is 34.4 Å². The molecule has 0 aromatic heterocycles. The number of aliphatic carboxylic acids is 1. The van der Waals surface area contributed by atoms with Crippen LogP contribution in [-0.4, -0.2) is 26.0 Å². The van der Waals surface area contributed by atoms with E-state index in [4.69, 9.17) is 5.11 Å². The van der Waals surface area contributed by atoms with E-state index in [-0.39, 0.29) is 10.6 Å². The van der Waals surface area contributed by atoms with Crippen LogP contribution in [0.5, 0.6) is 0 Å². The first kappa shape index (κ1) is 11.3. The highest BCUT2D eigenvalue weighted by molar-refractivity contribution is 7.85. The van der Waals surface area contributed by atoms with Crippen LogP contribution in [0.4, 0.5) is 5.69 Å². The van der Waals surface area contributed by atoms with Crippen LogP contribution in [0.25, 0.3) is 0 Å². The summed E-state index contributed by atoms with van der Waals surface area (Å²) in [5.41, 5.74) is -0.203. The molecule has 1 atom stereocenters. The van der Waals surface area contributed by atoms with Gasteiger partial charge < -0.3 is 5.11 Å². The molecule has 1 N–H and O–H groups in total. The van der Waals surface area contributed by atoms with E-state index >= 15 is 0 Å². The summed E-state index contributed by atoms with van der Waals surface area (Å²) in [5, 5.41) is 18.8. The van der Waals surface area contributed by atoms with Gasteiger partial charge in [-0.3, -0.25) is 19.1 Å². The highest BCUT2D eigenvalue weighted by atomic mass is 32.2. The molecule has 80 valence electrons. The number of carboxylic acid groups (broad SMARTS) is 1. The summed E-state index contributed by atoms with van der Waals surface area (Å²) in [5.74, 6) is -1.76. The molecule has 0 amide bonds. The lowest BCUT2D eigenvalue weighted by atomic mass is 10.3. The number of hydrogen-bond acceptors (Lipinski definition) is 4. The molecule has 1 unspecified atom stereocenters. The Kier molecular flexibility index (Phi) is 3.51. The number of carbonyl (C=O) groups is 1. The summed E-state index contributed by atoms with van der Waals surface area (Å²) in [6.45, 7) is 0. The average Bonchev–Trinajstić information content (AvgIpc) is 2.17. The summed E-state index contributed by atoms with van der Waals surface area (Å²) in [7, 11) is -1.74. The molecule has 0 spiro atoms. The van der Waals surface area contributed by atoms with Crippen LogP contribution in [0.2, 0.25) is 0 Å². The van der Waals surface area contributed by atoms with E-state index in [0.717, 1.165) is 6.07 Å². The van der Waals surface area contributed by atoms with Gasteiger partial charge in [0.05, 0.1) is 15.7 Å². The Labute approximate surface area is 87.1 Å². The summed E-state index contributed by atoms with van der Waals surface area (Å²) in [6.07, 6.45) is 0. The molecule has 0 aliphatic carbocycles. The third kappa shape index (κ3) is 3.13. The zero-order valence-corrected chi connectivity index (χ0v) is 8.27. The molecule has 1 aromatic rings. The number of nitro benzene ring substituents is 1. The largest absolute Gasteiger partial charge is 0.481 e. The first-order valence-corrected chi connectivity index (χ1v) is 5.17. The quantitative estimate of drug-likeness (QED) is 0.608. The summed E-state index contributed by atoms with van der Waals surface area (Å²) in [4.78, 5) is 20.2. The van der Waals surface area contributed by atoms with E-state index in [9.17, 15) is 19.1 Å². The van der Waals surface area contributed by atoms with Gasteiger partial charge in [-0.15, -0.1) is 0 Å². The van der Waals surface area contributed by atoms with Crippen LogP contribution < -0.4 is 0 Å². The van der Waals surface area contributed by atoms with Gasteiger partial charge in [0.15, 0.2) is 0 Å². The smallest absolute Gasteiger partial charge is 0.316 e. The molecular weight excluding hydrogens is 222 g/mol. The number of nitro groups is 1. The Bertz CT molecular complexity index is 431. The third-order valence-electron chi connectivity index (χ3n) is 1.55. The lowest BCUT2D eigenvalue weighted by molar-refractivity contribution is -0.385. The first-order chi connectivity index (χ1) is 7.00. The fraction of sp³-hybridized carbons (Fsp3) is 0.125. The van der Waals surface area contributed by atoms with Crippen molar-refractivity contribution >= 4 is 22.5 Å². The van der Waals surface area contributed by atoms with Crippen molar-refractivity contribution in [2.45, 2.75) is 4.90 Å². The van der Waals surface area contributed by atoms with Gasteiger partial charge in [-0.2, -0.15) is 0 Å². The molecule has 0 radical (unpaired) electrons. The van der Waals surface area contributed by atoms with E-state index in [1.165, 1.54) is 18.2 Å². The summed E-state index contributed by atoms with van der Waals surface area (Å²) in [6, 6.07) is 5.12. The molecule has 6 nitrogen and oxygen atoms in total. The van der Waals surface area contributed by atoms with Gasteiger partial charge >= 0.3 is 5.97 Å². The molecule has 1 aromatic carbocycles. The maximum absolute atomic E-state index is 11.3. The second kappa shape index (κ2) is 4.65. The van der Waals surface area contributed by atoms with Crippen molar-refractivity contribution in [1.82, 2.24) is 0 Å². The van der Waals surface area contributed by atoms with E-state index in [0.29, 0.717) is 0 Å². The van der Waals surface area contributed by atoms with E-state index in [2.05, 4.69) is 0 Å². The van der Waals surface area contributed by atoms with Gasteiger partial charge in [0, 0.05) is 17.0 Å². The maximum Gasteiger partial charge on any atom is 0.316 e. The van der Waals surface area contributed by atoms with Crippen molar-refractivity contribution in [3.8, 4) is 0 Å². The second-order valence-corrected chi connectivity index (χ2v) is 4.09. The van der Waals surface area contributed by atoms with Gasteiger partial charge in [-0.25, -0.2) is 0 Å². The maximum atomic E-state index is 11.3. The predicted octanol–water partition coefficient (Wildman–Crippen LogP) is 0.787. The molecule has 1 rings (SSSR count). The number of nitrogens with zero attached hydrogens (tertiary/aromatic N) is 1. The van der Waals surface area contributed by atoms with Crippen molar-refractivity contribution in [2.24, 2.45) is 0 Å². The lowest BCUT2D eigenvalue weighted by Gasteiger charge is -1.98. The average molecular weight is 229 g/mol. The minimum atomic E-state index is -1.74. The Balaban J connectivity index is 2.95. The normalized spacial score (nSPS) is 12.0. The molecule has 0 aliphatic heterocycles. The minimum Gasteiger partial charge on any atom is -0.481 e.